The Morgan fingerprint density at radius 1 is 1.15 bits per heavy atom. The van der Waals surface area contributed by atoms with Crippen molar-refractivity contribution < 1.29 is 23.8 Å². The Morgan fingerprint density at radius 2 is 1.81 bits per heavy atom. The zero-order valence-corrected chi connectivity index (χ0v) is 15.2. The molecule has 2 aliphatic rings. The third-order valence-corrected chi connectivity index (χ3v) is 4.46. The zero-order chi connectivity index (χ0) is 18.7. The zero-order valence-electron chi connectivity index (χ0n) is 15.2. The second-order valence-corrected chi connectivity index (χ2v) is 5.97. The van der Waals surface area contributed by atoms with Crippen molar-refractivity contribution in [1.82, 2.24) is 9.80 Å². The molecule has 8 nitrogen and oxygen atoms in total. The maximum atomic E-state index is 12.4. The van der Waals surface area contributed by atoms with Gasteiger partial charge in [0.25, 0.3) is 5.91 Å². The number of piperazine rings is 1. The van der Waals surface area contributed by atoms with Gasteiger partial charge >= 0.3 is 6.09 Å². The van der Waals surface area contributed by atoms with Crippen LogP contribution < -0.4 is 14.8 Å². The standard InChI is InChI=1S/C18H23N3O5/c1-4-26-18(23)21-7-5-20(6-8-21)11-13-12-9-15(24-2)16(25-3)10-14(12)19-17(13)22/h9-11H,4-8H2,1-3H3,(H,19,22). The fourth-order valence-electron chi connectivity index (χ4n) is 3.08. The highest BCUT2D eigenvalue weighted by atomic mass is 16.6. The van der Waals surface area contributed by atoms with E-state index in [1.54, 1.807) is 38.2 Å². The van der Waals surface area contributed by atoms with E-state index in [-0.39, 0.29) is 12.0 Å². The highest BCUT2D eigenvalue weighted by molar-refractivity contribution is 6.31. The first kappa shape index (κ1) is 17.9. The number of benzene rings is 1. The Balaban J connectivity index is 1.77. The van der Waals surface area contributed by atoms with Gasteiger partial charge in [-0.25, -0.2) is 4.79 Å². The summed E-state index contributed by atoms with van der Waals surface area (Å²) in [5, 5.41) is 2.85. The van der Waals surface area contributed by atoms with Gasteiger partial charge in [-0.15, -0.1) is 0 Å². The van der Waals surface area contributed by atoms with E-state index in [1.165, 1.54) is 0 Å². The molecule has 0 atom stereocenters. The first-order valence-electron chi connectivity index (χ1n) is 8.52. The SMILES string of the molecule is CCOC(=O)N1CCN(C=C2C(=O)Nc3cc(OC)c(OC)cc32)CC1. The molecule has 0 radical (unpaired) electrons. The first-order chi connectivity index (χ1) is 12.6. The van der Waals surface area contributed by atoms with E-state index in [2.05, 4.69) is 5.32 Å². The van der Waals surface area contributed by atoms with Crippen LogP contribution in [-0.4, -0.2) is 68.8 Å². The molecule has 0 aliphatic carbocycles. The van der Waals surface area contributed by atoms with Gasteiger partial charge in [0.15, 0.2) is 11.5 Å². The summed E-state index contributed by atoms with van der Waals surface area (Å²) < 4.78 is 15.6. The van der Waals surface area contributed by atoms with Crippen LogP contribution in [0, 0.1) is 0 Å². The van der Waals surface area contributed by atoms with Gasteiger partial charge in [-0.05, 0) is 13.0 Å². The molecule has 140 valence electrons. The van der Waals surface area contributed by atoms with Crippen molar-refractivity contribution >= 4 is 23.3 Å². The average molecular weight is 361 g/mol. The van der Waals surface area contributed by atoms with E-state index < -0.39 is 0 Å². The number of nitrogens with zero attached hydrogens (tertiary/aromatic N) is 2. The first-order valence-corrected chi connectivity index (χ1v) is 8.52. The topological polar surface area (TPSA) is 80.3 Å². The summed E-state index contributed by atoms with van der Waals surface area (Å²) in [5.74, 6) is 0.972. The van der Waals surface area contributed by atoms with Gasteiger partial charge in [0, 0.05) is 44.0 Å². The maximum absolute atomic E-state index is 12.4. The number of hydrogen-bond acceptors (Lipinski definition) is 6. The molecule has 1 saturated heterocycles. The monoisotopic (exact) mass is 361 g/mol. The molecule has 0 bridgehead atoms. The lowest BCUT2D eigenvalue weighted by atomic mass is 10.1. The number of methoxy groups -OCH3 is 2. The number of anilines is 1. The number of ether oxygens (including phenoxy) is 3. The summed E-state index contributed by atoms with van der Waals surface area (Å²) in [7, 11) is 3.12. The lowest BCUT2D eigenvalue weighted by Gasteiger charge is -2.33. The molecule has 1 N–H and O–H groups in total. The maximum Gasteiger partial charge on any atom is 0.409 e. The minimum atomic E-state index is -0.291. The van der Waals surface area contributed by atoms with Gasteiger partial charge in [0.05, 0.1) is 32.1 Å². The minimum Gasteiger partial charge on any atom is -0.493 e. The second-order valence-electron chi connectivity index (χ2n) is 5.97. The lowest BCUT2D eigenvalue weighted by molar-refractivity contribution is -0.110. The summed E-state index contributed by atoms with van der Waals surface area (Å²) in [4.78, 5) is 27.9. The minimum absolute atomic E-state index is 0.164. The fraction of sp³-hybridized carbons (Fsp3) is 0.444. The van der Waals surface area contributed by atoms with Crippen LogP contribution in [0.15, 0.2) is 18.3 Å². The summed E-state index contributed by atoms with van der Waals surface area (Å²) in [6, 6.07) is 3.55. The van der Waals surface area contributed by atoms with Gasteiger partial charge in [0.2, 0.25) is 0 Å². The number of amides is 2. The Hall–Kier alpha value is -2.90. The number of fused-ring (bicyclic) bond motifs is 1. The van der Waals surface area contributed by atoms with Gasteiger partial charge in [-0.3, -0.25) is 4.79 Å². The molecule has 0 spiro atoms. The Morgan fingerprint density at radius 3 is 2.42 bits per heavy atom. The molecule has 1 fully saturated rings. The highest BCUT2D eigenvalue weighted by Crippen LogP contribution is 2.40. The predicted octanol–water partition coefficient (Wildman–Crippen LogP) is 1.77. The lowest BCUT2D eigenvalue weighted by Crippen LogP contribution is -2.47. The van der Waals surface area contributed by atoms with E-state index in [4.69, 9.17) is 14.2 Å². The summed E-state index contributed by atoms with van der Waals surface area (Å²) >= 11 is 0. The van der Waals surface area contributed by atoms with Crippen molar-refractivity contribution in [2.75, 3.05) is 52.3 Å². The Bertz CT molecular complexity index is 739. The largest absolute Gasteiger partial charge is 0.493 e. The van der Waals surface area contributed by atoms with Crippen molar-refractivity contribution in [3.8, 4) is 11.5 Å². The van der Waals surface area contributed by atoms with E-state index in [0.717, 1.165) is 5.56 Å². The van der Waals surface area contributed by atoms with Crippen molar-refractivity contribution in [1.29, 1.82) is 0 Å². The quantitative estimate of drug-likeness (QED) is 0.824. The molecular weight excluding hydrogens is 338 g/mol. The van der Waals surface area contributed by atoms with Crippen LogP contribution in [0.3, 0.4) is 0 Å². The second kappa shape index (κ2) is 7.55. The van der Waals surface area contributed by atoms with Gasteiger partial charge < -0.3 is 29.3 Å². The fourth-order valence-corrected chi connectivity index (χ4v) is 3.08. The van der Waals surface area contributed by atoms with Crippen molar-refractivity contribution in [2.45, 2.75) is 6.92 Å². The molecule has 0 unspecified atom stereocenters. The highest BCUT2D eigenvalue weighted by Gasteiger charge is 2.28. The Labute approximate surface area is 152 Å². The summed E-state index contributed by atoms with van der Waals surface area (Å²) in [5.41, 5.74) is 2.05. The summed E-state index contributed by atoms with van der Waals surface area (Å²) in [6.07, 6.45) is 1.55. The molecule has 8 heteroatoms. The normalized spacial score (nSPS) is 17.8. The van der Waals surface area contributed by atoms with Gasteiger partial charge in [0.1, 0.15) is 0 Å². The van der Waals surface area contributed by atoms with Crippen LogP contribution in [0.1, 0.15) is 12.5 Å². The number of carbonyl (C=O) groups is 2. The van der Waals surface area contributed by atoms with E-state index in [1.807, 2.05) is 11.1 Å². The molecule has 0 saturated carbocycles. The number of carbonyl (C=O) groups excluding carboxylic acids is 2. The number of hydrogen-bond donors (Lipinski definition) is 1. The van der Waals surface area contributed by atoms with Gasteiger partial charge in [-0.1, -0.05) is 0 Å². The third-order valence-electron chi connectivity index (χ3n) is 4.46. The van der Waals surface area contributed by atoms with Crippen LogP contribution in [0.2, 0.25) is 0 Å². The van der Waals surface area contributed by atoms with E-state index >= 15 is 0 Å². The smallest absolute Gasteiger partial charge is 0.409 e. The van der Waals surface area contributed by atoms with Crippen LogP contribution in [-0.2, 0) is 9.53 Å². The van der Waals surface area contributed by atoms with Crippen LogP contribution in [0.5, 0.6) is 11.5 Å². The molecule has 2 amide bonds. The number of nitrogens with one attached hydrogen (secondary N) is 1. The van der Waals surface area contributed by atoms with Crippen LogP contribution >= 0.6 is 0 Å². The predicted molar refractivity (Wildman–Crippen MR) is 96.3 cm³/mol. The molecule has 1 aromatic carbocycles. The van der Waals surface area contributed by atoms with Crippen molar-refractivity contribution in [3.05, 3.63) is 23.9 Å². The van der Waals surface area contributed by atoms with E-state index in [9.17, 15) is 9.59 Å². The molecule has 3 rings (SSSR count). The van der Waals surface area contributed by atoms with Gasteiger partial charge in [-0.2, -0.15) is 0 Å². The van der Waals surface area contributed by atoms with E-state index in [0.29, 0.717) is 55.5 Å². The molecule has 0 aromatic heterocycles. The van der Waals surface area contributed by atoms with Crippen LogP contribution in [0.25, 0.3) is 5.57 Å². The molecule has 1 aromatic rings. The third kappa shape index (κ3) is 3.40. The Kier molecular flexibility index (Phi) is 5.20. The molecular formula is C18H23N3O5. The summed E-state index contributed by atoms with van der Waals surface area (Å²) in [6.45, 7) is 4.55. The van der Waals surface area contributed by atoms with Crippen LogP contribution in [0.4, 0.5) is 10.5 Å². The van der Waals surface area contributed by atoms with Crippen molar-refractivity contribution in [3.63, 3.8) is 0 Å². The molecule has 2 heterocycles. The molecule has 2 aliphatic heterocycles. The average Bonchev–Trinajstić information content (AvgIpc) is 2.95. The van der Waals surface area contributed by atoms with Crippen molar-refractivity contribution in [2.24, 2.45) is 0 Å². The number of rotatable bonds is 4. The molecule has 26 heavy (non-hydrogen) atoms.